The molecule has 0 bridgehead atoms. The van der Waals surface area contributed by atoms with E-state index in [0.29, 0.717) is 0 Å². The van der Waals surface area contributed by atoms with Crippen LogP contribution in [-0.2, 0) is 4.79 Å². The Morgan fingerprint density at radius 1 is 1.50 bits per heavy atom. The van der Waals surface area contributed by atoms with Crippen LogP contribution in [0.4, 0.5) is 4.39 Å². The van der Waals surface area contributed by atoms with Crippen molar-refractivity contribution in [1.29, 1.82) is 0 Å². The molecule has 1 atom stereocenters. The van der Waals surface area contributed by atoms with E-state index in [2.05, 4.69) is 4.74 Å². The van der Waals surface area contributed by atoms with Crippen molar-refractivity contribution >= 4 is 23.3 Å². The first-order valence-electron chi connectivity index (χ1n) is 3.36. The number of thiophene rings is 1. The van der Waals surface area contributed by atoms with Crippen LogP contribution in [0.5, 0.6) is 5.75 Å². The minimum absolute atomic E-state index is 0.228. The lowest BCUT2D eigenvalue weighted by Gasteiger charge is -2.05. The summed E-state index contributed by atoms with van der Waals surface area (Å²) in [5.74, 6) is -3.36. The molecule has 1 heterocycles. The lowest BCUT2D eigenvalue weighted by atomic mass is 10.4. The van der Waals surface area contributed by atoms with Gasteiger partial charge in [0, 0.05) is 0 Å². The minimum atomic E-state index is -2.55. The van der Waals surface area contributed by atoms with Crippen LogP contribution in [0.25, 0.3) is 0 Å². The second-order valence-corrected chi connectivity index (χ2v) is 3.11. The summed E-state index contributed by atoms with van der Waals surface area (Å²) in [5, 5.41) is 18.1. The maximum atomic E-state index is 12.5. The number of hydrogen-bond donors (Lipinski definition) is 2. The van der Waals surface area contributed by atoms with E-state index in [1.807, 2.05) is 0 Å². The van der Waals surface area contributed by atoms with Gasteiger partial charge in [-0.1, -0.05) is 0 Å². The molecule has 0 radical (unpaired) electrons. The third-order valence-corrected chi connectivity index (χ3v) is 2.13. The Kier molecular flexibility index (Phi) is 3.03. The molecular formula is C7H5FO5S. The van der Waals surface area contributed by atoms with E-state index in [1.54, 1.807) is 0 Å². The Labute approximate surface area is 81.4 Å². The van der Waals surface area contributed by atoms with Crippen LogP contribution >= 0.6 is 11.3 Å². The normalized spacial score (nSPS) is 12.1. The number of carboxylic acid groups (broad SMARTS) is 2. The summed E-state index contributed by atoms with van der Waals surface area (Å²) in [6.07, 6.45) is -2.55. The number of hydrogen-bond acceptors (Lipinski definition) is 4. The Balaban J connectivity index is 2.81. The van der Waals surface area contributed by atoms with Gasteiger partial charge in [-0.25, -0.2) is 9.59 Å². The molecule has 0 spiro atoms. The number of halogens is 1. The van der Waals surface area contributed by atoms with Crippen molar-refractivity contribution in [1.82, 2.24) is 0 Å². The van der Waals surface area contributed by atoms with Gasteiger partial charge in [0.1, 0.15) is 5.75 Å². The molecule has 7 heteroatoms. The van der Waals surface area contributed by atoms with Crippen LogP contribution in [0.1, 0.15) is 9.67 Å². The first kappa shape index (κ1) is 10.5. The highest BCUT2D eigenvalue weighted by Gasteiger charge is 2.21. The fourth-order valence-electron chi connectivity index (χ4n) is 0.708. The van der Waals surface area contributed by atoms with E-state index in [-0.39, 0.29) is 10.6 Å². The molecule has 1 aromatic heterocycles. The minimum Gasteiger partial charge on any atom is -0.477 e. The summed E-state index contributed by atoms with van der Waals surface area (Å²) >= 11 is 0.827. The summed E-state index contributed by atoms with van der Waals surface area (Å²) in [5.41, 5.74) is 0. The van der Waals surface area contributed by atoms with Crippen molar-refractivity contribution in [3.8, 4) is 5.75 Å². The summed E-state index contributed by atoms with van der Waals surface area (Å²) in [6, 6.07) is 1.20. The molecule has 0 aliphatic heterocycles. The maximum Gasteiger partial charge on any atom is 0.378 e. The van der Waals surface area contributed by atoms with E-state index in [9.17, 15) is 14.0 Å². The van der Waals surface area contributed by atoms with E-state index >= 15 is 0 Å². The fraction of sp³-hybridized carbons (Fsp3) is 0.143. The Morgan fingerprint density at radius 3 is 2.64 bits per heavy atom. The lowest BCUT2D eigenvalue weighted by Crippen LogP contribution is -2.21. The molecule has 0 amide bonds. The van der Waals surface area contributed by atoms with Crippen molar-refractivity contribution in [3.05, 3.63) is 16.3 Å². The molecule has 1 rings (SSSR count). The molecule has 0 aliphatic rings. The van der Waals surface area contributed by atoms with Crippen molar-refractivity contribution in [2.45, 2.75) is 6.36 Å². The molecule has 0 aliphatic carbocycles. The molecule has 5 nitrogen and oxygen atoms in total. The van der Waals surface area contributed by atoms with Gasteiger partial charge in [-0.2, -0.15) is 4.39 Å². The lowest BCUT2D eigenvalue weighted by molar-refractivity contribution is -0.153. The molecule has 14 heavy (non-hydrogen) atoms. The zero-order chi connectivity index (χ0) is 10.7. The second-order valence-electron chi connectivity index (χ2n) is 2.19. The zero-order valence-electron chi connectivity index (χ0n) is 6.64. The highest BCUT2D eigenvalue weighted by Crippen LogP contribution is 2.25. The van der Waals surface area contributed by atoms with Crippen LogP contribution < -0.4 is 4.74 Å². The van der Waals surface area contributed by atoms with Crippen molar-refractivity contribution < 1.29 is 28.9 Å². The standard InChI is InChI=1S/C7H5FO5S/c8-5(7(11)12)13-3-1-2-14-4(3)6(9)10/h1-2,5H,(H,9,10)(H,11,12). The van der Waals surface area contributed by atoms with E-state index < -0.39 is 18.3 Å². The number of rotatable bonds is 4. The SMILES string of the molecule is O=C(O)c1sccc1OC(F)C(=O)O. The molecule has 0 fully saturated rings. The largest absolute Gasteiger partial charge is 0.477 e. The molecule has 76 valence electrons. The highest BCUT2D eigenvalue weighted by atomic mass is 32.1. The number of ether oxygens (including phenoxy) is 1. The predicted octanol–water partition coefficient (Wildman–Crippen LogP) is 1.21. The van der Waals surface area contributed by atoms with Crippen LogP contribution in [0.15, 0.2) is 11.4 Å². The van der Waals surface area contributed by atoms with Gasteiger partial charge >= 0.3 is 18.3 Å². The van der Waals surface area contributed by atoms with E-state index in [4.69, 9.17) is 10.2 Å². The van der Waals surface area contributed by atoms with Crippen LogP contribution in [0, 0.1) is 0 Å². The predicted molar refractivity (Wildman–Crippen MR) is 44.4 cm³/mol. The Bertz CT molecular complexity index is 361. The van der Waals surface area contributed by atoms with E-state index in [1.165, 1.54) is 11.4 Å². The van der Waals surface area contributed by atoms with Gasteiger partial charge in [0.05, 0.1) is 0 Å². The number of carboxylic acids is 2. The number of alkyl halides is 1. The van der Waals surface area contributed by atoms with Crippen LogP contribution in [0.2, 0.25) is 0 Å². The Morgan fingerprint density at radius 2 is 2.14 bits per heavy atom. The summed E-state index contributed by atoms with van der Waals surface area (Å²) < 4.78 is 16.8. The van der Waals surface area contributed by atoms with Crippen molar-refractivity contribution in [2.24, 2.45) is 0 Å². The van der Waals surface area contributed by atoms with Gasteiger partial charge in [0.15, 0.2) is 4.88 Å². The van der Waals surface area contributed by atoms with Crippen LogP contribution in [-0.4, -0.2) is 28.5 Å². The summed E-state index contributed by atoms with van der Waals surface area (Å²) in [4.78, 5) is 20.3. The first-order valence-corrected chi connectivity index (χ1v) is 4.24. The van der Waals surface area contributed by atoms with Gasteiger partial charge in [-0.05, 0) is 11.4 Å². The zero-order valence-corrected chi connectivity index (χ0v) is 7.45. The van der Waals surface area contributed by atoms with Gasteiger partial charge in [-0.3, -0.25) is 0 Å². The number of carbonyl (C=O) groups is 2. The third kappa shape index (κ3) is 2.19. The molecule has 1 unspecified atom stereocenters. The third-order valence-electron chi connectivity index (χ3n) is 1.25. The highest BCUT2D eigenvalue weighted by molar-refractivity contribution is 7.12. The number of aliphatic carboxylic acids is 1. The van der Waals surface area contributed by atoms with Crippen LogP contribution in [0.3, 0.4) is 0 Å². The molecule has 2 N–H and O–H groups in total. The molecule has 0 aromatic carbocycles. The fourth-order valence-corrected chi connectivity index (χ4v) is 1.37. The van der Waals surface area contributed by atoms with Gasteiger partial charge < -0.3 is 14.9 Å². The molecular weight excluding hydrogens is 215 g/mol. The maximum absolute atomic E-state index is 12.5. The second kappa shape index (κ2) is 4.05. The molecule has 0 saturated carbocycles. The van der Waals surface area contributed by atoms with Crippen molar-refractivity contribution in [2.75, 3.05) is 0 Å². The Hall–Kier alpha value is -1.63. The monoisotopic (exact) mass is 220 g/mol. The van der Waals surface area contributed by atoms with Gasteiger partial charge in [0.2, 0.25) is 0 Å². The van der Waals surface area contributed by atoms with Crippen molar-refractivity contribution in [3.63, 3.8) is 0 Å². The van der Waals surface area contributed by atoms with Gasteiger partial charge in [0.25, 0.3) is 0 Å². The smallest absolute Gasteiger partial charge is 0.378 e. The summed E-state index contributed by atoms with van der Waals surface area (Å²) in [6.45, 7) is 0. The summed E-state index contributed by atoms with van der Waals surface area (Å²) in [7, 11) is 0. The van der Waals surface area contributed by atoms with E-state index in [0.717, 1.165) is 11.3 Å². The molecule has 1 aromatic rings. The first-order chi connectivity index (χ1) is 6.52. The van der Waals surface area contributed by atoms with Gasteiger partial charge in [-0.15, -0.1) is 11.3 Å². The quantitative estimate of drug-likeness (QED) is 0.796. The average molecular weight is 220 g/mol. The number of aromatic carboxylic acids is 1. The molecule has 0 saturated heterocycles. The topological polar surface area (TPSA) is 83.8 Å². The average Bonchev–Trinajstić information content (AvgIpc) is 2.52.